The van der Waals surface area contributed by atoms with E-state index in [1.807, 2.05) is 0 Å². The number of carbonyl (C=O) groups is 1. The van der Waals surface area contributed by atoms with E-state index in [4.69, 9.17) is 27.9 Å². The molecule has 1 aliphatic rings. The number of carbonyl (C=O) groups excluding carboxylic acids is 1. The van der Waals surface area contributed by atoms with Gasteiger partial charge in [-0.15, -0.1) is 0 Å². The molecular weight excluding hydrogens is 335 g/mol. The summed E-state index contributed by atoms with van der Waals surface area (Å²) in [6, 6.07) is 7.20. The minimum absolute atomic E-state index is 0.253. The fourth-order valence-electron chi connectivity index (χ4n) is 2.70. The van der Waals surface area contributed by atoms with Gasteiger partial charge in [0.25, 0.3) is 0 Å². The lowest BCUT2D eigenvalue weighted by Gasteiger charge is -2.28. The van der Waals surface area contributed by atoms with Gasteiger partial charge in [0.15, 0.2) is 0 Å². The number of nitrogens with one attached hydrogen (secondary N) is 1. The SMILES string of the molecule is CCOC(=O)C1=C(C)NC(C)=C(C#N)C1c1cc(Cl)cc(Cl)c1. The fraction of sp³-hybridized carbons (Fsp3) is 0.294. The van der Waals surface area contributed by atoms with Crippen molar-refractivity contribution < 1.29 is 9.53 Å². The second-order valence-corrected chi connectivity index (χ2v) is 6.04. The normalized spacial score (nSPS) is 17.7. The number of benzene rings is 1. The van der Waals surface area contributed by atoms with Crippen LogP contribution in [0.25, 0.3) is 0 Å². The monoisotopic (exact) mass is 350 g/mol. The molecule has 1 aliphatic heterocycles. The zero-order valence-corrected chi connectivity index (χ0v) is 14.5. The highest BCUT2D eigenvalue weighted by Crippen LogP contribution is 2.39. The van der Waals surface area contributed by atoms with Crippen molar-refractivity contribution in [2.45, 2.75) is 26.7 Å². The summed E-state index contributed by atoms with van der Waals surface area (Å²) in [5.74, 6) is -1.02. The predicted molar refractivity (Wildman–Crippen MR) is 90.0 cm³/mol. The average Bonchev–Trinajstić information content (AvgIpc) is 2.45. The number of dihydropyridines is 1. The largest absolute Gasteiger partial charge is 0.463 e. The van der Waals surface area contributed by atoms with Crippen molar-refractivity contribution in [1.82, 2.24) is 5.32 Å². The molecule has 1 aromatic rings. The van der Waals surface area contributed by atoms with E-state index < -0.39 is 11.9 Å². The number of nitriles is 1. The third-order valence-electron chi connectivity index (χ3n) is 3.59. The van der Waals surface area contributed by atoms with E-state index >= 15 is 0 Å². The molecule has 0 spiro atoms. The van der Waals surface area contributed by atoms with Gasteiger partial charge in [-0.05, 0) is 44.5 Å². The molecule has 0 radical (unpaired) electrons. The first-order chi connectivity index (χ1) is 10.9. The van der Waals surface area contributed by atoms with Crippen molar-refractivity contribution in [2.24, 2.45) is 0 Å². The van der Waals surface area contributed by atoms with E-state index in [1.165, 1.54) is 0 Å². The first kappa shape index (κ1) is 17.4. The lowest BCUT2D eigenvalue weighted by Crippen LogP contribution is -2.28. The molecule has 4 nitrogen and oxygen atoms in total. The van der Waals surface area contributed by atoms with Crippen LogP contribution in [0.5, 0.6) is 0 Å². The molecule has 1 unspecified atom stereocenters. The van der Waals surface area contributed by atoms with Gasteiger partial charge >= 0.3 is 5.97 Å². The Morgan fingerprint density at radius 2 is 1.87 bits per heavy atom. The number of allylic oxidation sites excluding steroid dienone is 3. The maximum absolute atomic E-state index is 12.4. The summed E-state index contributed by atoms with van der Waals surface area (Å²) in [5, 5.41) is 13.5. The van der Waals surface area contributed by atoms with Crippen LogP contribution in [0.2, 0.25) is 10.0 Å². The molecule has 1 N–H and O–H groups in total. The van der Waals surface area contributed by atoms with Gasteiger partial charge in [-0.1, -0.05) is 23.2 Å². The lowest BCUT2D eigenvalue weighted by atomic mass is 9.81. The van der Waals surface area contributed by atoms with Crippen molar-refractivity contribution in [3.05, 3.63) is 56.3 Å². The summed E-state index contributed by atoms with van der Waals surface area (Å²) in [4.78, 5) is 12.4. The molecule has 0 saturated heterocycles. The van der Waals surface area contributed by atoms with Crippen molar-refractivity contribution in [1.29, 1.82) is 5.26 Å². The van der Waals surface area contributed by atoms with Gasteiger partial charge in [0, 0.05) is 21.4 Å². The van der Waals surface area contributed by atoms with Crippen LogP contribution in [0.1, 0.15) is 32.3 Å². The molecule has 1 heterocycles. The molecule has 6 heteroatoms. The average molecular weight is 351 g/mol. The van der Waals surface area contributed by atoms with E-state index in [0.717, 1.165) is 0 Å². The maximum Gasteiger partial charge on any atom is 0.336 e. The van der Waals surface area contributed by atoms with Crippen LogP contribution >= 0.6 is 23.2 Å². The van der Waals surface area contributed by atoms with Crippen LogP contribution in [-0.4, -0.2) is 12.6 Å². The third kappa shape index (κ3) is 3.52. The molecule has 23 heavy (non-hydrogen) atoms. The topological polar surface area (TPSA) is 62.1 Å². The Morgan fingerprint density at radius 1 is 1.26 bits per heavy atom. The number of rotatable bonds is 3. The fourth-order valence-corrected chi connectivity index (χ4v) is 3.24. The van der Waals surface area contributed by atoms with E-state index in [1.54, 1.807) is 39.0 Å². The maximum atomic E-state index is 12.4. The minimum Gasteiger partial charge on any atom is -0.463 e. The van der Waals surface area contributed by atoms with Gasteiger partial charge in [-0.25, -0.2) is 4.79 Å². The summed E-state index contributed by atoms with van der Waals surface area (Å²) < 4.78 is 5.16. The summed E-state index contributed by atoms with van der Waals surface area (Å²) in [7, 11) is 0. The molecular formula is C17H16Cl2N2O2. The summed E-state index contributed by atoms with van der Waals surface area (Å²) in [6.07, 6.45) is 0. The van der Waals surface area contributed by atoms with E-state index in [9.17, 15) is 10.1 Å². The van der Waals surface area contributed by atoms with Crippen LogP contribution in [0.4, 0.5) is 0 Å². The summed E-state index contributed by atoms with van der Waals surface area (Å²) in [6.45, 7) is 5.57. The van der Waals surface area contributed by atoms with Crippen molar-refractivity contribution in [3.63, 3.8) is 0 Å². The van der Waals surface area contributed by atoms with Gasteiger partial charge in [0.2, 0.25) is 0 Å². The van der Waals surface area contributed by atoms with E-state index in [-0.39, 0.29) is 6.61 Å². The first-order valence-corrected chi connectivity index (χ1v) is 7.86. The molecule has 120 valence electrons. The van der Waals surface area contributed by atoms with E-state index in [0.29, 0.717) is 38.1 Å². The minimum atomic E-state index is -0.559. The summed E-state index contributed by atoms with van der Waals surface area (Å²) >= 11 is 12.2. The van der Waals surface area contributed by atoms with Crippen molar-refractivity contribution in [3.8, 4) is 6.07 Å². The summed E-state index contributed by atoms with van der Waals surface area (Å²) in [5.41, 5.74) is 2.87. The van der Waals surface area contributed by atoms with Gasteiger partial charge in [0.1, 0.15) is 0 Å². The first-order valence-electron chi connectivity index (χ1n) is 7.10. The predicted octanol–water partition coefficient (Wildman–Crippen LogP) is 4.31. The third-order valence-corrected chi connectivity index (χ3v) is 4.03. The number of hydrogen-bond acceptors (Lipinski definition) is 4. The number of esters is 1. The Balaban J connectivity index is 2.66. The van der Waals surface area contributed by atoms with Gasteiger partial charge < -0.3 is 10.1 Å². The molecule has 1 aromatic carbocycles. The standard InChI is InChI=1S/C17H16Cl2N2O2/c1-4-23-17(22)15-10(3)21-9(2)14(8-20)16(15)11-5-12(18)7-13(19)6-11/h5-7,16,21H,4H2,1-3H3. The lowest BCUT2D eigenvalue weighted by molar-refractivity contribution is -0.138. The molecule has 2 rings (SSSR count). The number of halogens is 2. The van der Waals surface area contributed by atoms with Crippen LogP contribution in [0.15, 0.2) is 40.7 Å². The van der Waals surface area contributed by atoms with Crippen LogP contribution in [0, 0.1) is 11.3 Å². The second kappa shape index (κ2) is 7.08. The molecule has 0 bridgehead atoms. The van der Waals surface area contributed by atoms with Gasteiger partial charge in [-0.2, -0.15) is 5.26 Å². The highest BCUT2D eigenvalue weighted by molar-refractivity contribution is 6.34. The van der Waals surface area contributed by atoms with Crippen molar-refractivity contribution in [2.75, 3.05) is 6.61 Å². The van der Waals surface area contributed by atoms with Crippen molar-refractivity contribution >= 4 is 29.2 Å². The smallest absolute Gasteiger partial charge is 0.336 e. The molecule has 0 aromatic heterocycles. The van der Waals surface area contributed by atoms with E-state index in [2.05, 4.69) is 11.4 Å². The second-order valence-electron chi connectivity index (χ2n) is 5.17. The zero-order chi connectivity index (χ0) is 17.1. The van der Waals surface area contributed by atoms with Gasteiger partial charge in [-0.3, -0.25) is 0 Å². The number of ether oxygens (including phenoxy) is 1. The molecule has 1 atom stereocenters. The zero-order valence-electron chi connectivity index (χ0n) is 13.0. The quantitative estimate of drug-likeness (QED) is 0.824. The molecule has 0 amide bonds. The number of hydrogen-bond donors (Lipinski definition) is 1. The van der Waals surface area contributed by atoms with Gasteiger partial charge in [0.05, 0.1) is 29.7 Å². The highest BCUT2D eigenvalue weighted by Gasteiger charge is 2.34. The Labute approximate surface area is 145 Å². The molecule has 0 aliphatic carbocycles. The Hall–Kier alpha value is -1.96. The van der Waals surface area contributed by atoms with Crippen LogP contribution < -0.4 is 5.32 Å². The Morgan fingerprint density at radius 3 is 2.39 bits per heavy atom. The van der Waals surface area contributed by atoms with Crippen LogP contribution in [0.3, 0.4) is 0 Å². The molecule has 0 saturated carbocycles. The number of nitrogens with zero attached hydrogens (tertiary/aromatic N) is 1. The highest BCUT2D eigenvalue weighted by atomic mass is 35.5. The molecule has 0 fully saturated rings. The Kier molecular flexibility index (Phi) is 5.35. The Bertz CT molecular complexity index is 740. The van der Waals surface area contributed by atoms with Crippen LogP contribution in [-0.2, 0) is 9.53 Å².